The van der Waals surface area contributed by atoms with Crippen LogP contribution in [0.4, 0.5) is 5.69 Å². The molecule has 0 radical (unpaired) electrons. The minimum Gasteiger partial charge on any atom is -0.479 e. The molecule has 5 atom stereocenters. The highest BCUT2D eigenvalue weighted by Crippen LogP contribution is 2.30. The van der Waals surface area contributed by atoms with Crippen LogP contribution in [0.15, 0.2) is 18.2 Å². The number of aliphatic hydroxyl groups excluding tert-OH is 3. The maximum absolute atomic E-state index is 11.2. The fourth-order valence-corrected chi connectivity index (χ4v) is 2.51. The number of hydrogen-bond donors (Lipinski definition) is 5. The molecule has 10 nitrogen and oxygen atoms in total. The van der Waals surface area contributed by atoms with Gasteiger partial charge in [-0.05, 0) is 17.7 Å². The first kappa shape index (κ1) is 20.9. The highest BCUT2D eigenvalue weighted by atomic mass is 16.7. The van der Waals surface area contributed by atoms with Crippen molar-refractivity contribution in [1.29, 1.82) is 0 Å². The molecule has 0 aromatic heterocycles. The number of esters is 1. The second-order valence-corrected chi connectivity index (χ2v) is 5.95. The SMILES string of the molecule is CCC(=O)OCc1ccc(OC2OC(C(=O)O)C(O)C(O)C2O)c(NC)c1. The van der Waals surface area contributed by atoms with E-state index in [-0.39, 0.29) is 24.7 Å². The van der Waals surface area contributed by atoms with E-state index in [9.17, 15) is 24.9 Å². The number of carboxylic acids is 1. The fraction of sp³-hybridized carbons (Fsp3) is 0.529. The molecule has 0 amide bonds. The van der Waals surface area contributed by atoms with Crippen molar-refractivity contribution in [2.24, 2.45) is 0 Å². The lowest BCUT2D eigenvalue weighted by molar-refractivity contribution is -0.271. The molecule has 2 rings (SSSR count). The van der Waals surface area contributed by atoms with Crippen LogP contribution in [0, 0.1) is 0 Å². The van der Waals surface area contributed by atoms with Crippen LogP contribution in [-0.4, -0.2) is 70.1 Å². The predicted octanol–water partition coefficient (Wildman–Crippen LogP) is -0.547. The van der Waals surface area contributed by atoms with E-state index in [1.807, 2.05) is 0 Å². The summed E-state index contributed by atoms with van der Waals surface area (Å²) in [5.41, 5.74) is 1.14. The van der Waals surface area contributed by atoms with Crippen LogP contribution in [-0.2, 0) is 25.7 Å². The Bertz CT molecular complexity index is 680. The summed E-state index contributed by atoms with van der Waals surface area (Å²) in [5, 5.41) is 41.5. The third kappa shape index (κ3) is 4.86. The molecule has 0 saturated carbocycles. The van der Waals surface area contributed by atoms with Crippen LogP contribution >= 0.6 is 0 Å². The van der Waals surface area contributed by atoms with Crippen LogP contribution < -0.4 is 10.1 Å². The molecule has 1 aliphatic rings. The number of benzene rings is 1. The number of ether oxygens (including phenoxy) is 3. The van der Waals surface area contributed by atoms with E-state index >= 15 is 0 Å². The van der Waals surface area contributed by atoms with E-state index in [1.54, 1.807) is 26.1 Å². The second kappa shape index (κ2) is 9.00. The van der Waals surface area contributed by atoms with Crippen molar-refractivity contribution < 1.29 is 44.2 Å². The number of rotatable bonds is 7. The standard InChI is InChI=1S/C17H23NO9/c1-3-11(19)25-7-8-4-5-10(9(6-8)18-2)26-17-14(22)12(20)13(21)15(27-17)16(23)24/h4-6,12-15,17-18,20-22H,3,7H2,1-2H3,(H,23,24). The van der Waals surface area contributed by atoms with Gasteiger partial charge in [-0.25, -0.2) is 4.79 Å². The molecule has 5 unspecified atom stereocenters. The Kier molecular flexibility index (Phi) is 6.97. The van der Waals surface area contributed by atoms with Gasteiger partial charge in [-0.15, -0.1) is 0 Å². The summed E-state index contributed by atoms with van der Waals surface area (Å²) in [6.07, 6.45) is -8.21. The van der Waals surface area contributed by atoms with Gasteiger partial charge in [-0.3, -0.25) is 4.79 Å². The Morgan fingerprint density at radius 3 is 2.48 bits per heavy atom. The Morgan fingerprint density at radius 1 is 1.19 bits per heavy atom. The molecule has 5 N–H and O–H groups in total. The predicted molar refractivity (Wildman–Crippen MR) is 91.0 cm³/mol. The monoisotopic (exact) mass is 385 g/mol. The fourth-order valence-electron chi connectivity index (χ4n) is 2.51. The van der Waals surface area contributed by atoms with Crippen LogP contribution in [0.2, 0.25) is 0 Å². The highest BCUT2D eigenvalue weighted by Gasteiger charge is 2.48. The molecule has 1 aromatic rings. The molecule has 1 fully saturated rings. The van der Waals surface area contributed by atoms with Crippen molar-refractivity contribution in [2.45, 2.75) is 50.7 Å². The third-order valence-electron chi connectivity index (χ3n) is 4.06. The van der Waals surface area contributed by atoms with Crippen LogP contribution in [0.1, 0.15) is 18.9 Å². The largest absolute Gasteiger partial charge is 0.479 e. The maximum Gasteiger partial charge on any atom is 0.335 e. The topological polar surface area (TPSA) is 155 Å². The van der Waals surface area contributed by atoms with E-state index in [2.05, 4.69) is 5.32 Å². The summed E-state index contributed by atoms with van der Waals surface area (Å²) < 4.78 is 15.7. The lowest BCUT2D eigenvalue weighted by Gasteiger charge is -2.38. The van der Waals surface area contributed by atoms with Crippen molar-refractivity contribution in [2.75, 3.05) is 12.4 Å². The molecule has 150 valence electrons. The van der Waals surface area contributed by atoms with Crippen LogP contribution in [0.3, 0.4) is 0 Å². The zero-order valence-electron chi connectivity index (χ0n) is 14.9. The molecule has 0 aliphatic carbocycles. The molecular weight excluding hydrogens is 362 g/mol. The number of carboxylic acid groups (broad SMARTS) is 1. The molecule has 0 spiro atoms. The maximum atomic E-state index is 11.2. The number of anilines is 1. The van der Waals surface area contributed by atoms with E-state index in [0.29, 0.717) is 11.3 Å². The number of nitrogens with one attached hydrogen (secondary N) is 1. The normalized spacial score (nSPS) is 27.7. The first-order chi connectivity index (χ1) is 12.8. The van der Waals surface area contributed by atoms with Crippen molar-refractivity contribution in [3.8, 4) is 5.75 Å². The second-order valence-electron chi connectivity index (χ2n) is 5.95. The summed E-state index contributed by atoms with van der Waals surface area (Å²) in [6.45, 7) is 1.75. The molecule has 0 bridgehead atoms. The van der Waals surface area contributed by atoms with Crippen molar-refractivity contribution in [3.63, 3.8) is 0 Å². The quantitative estimate of drug-likeness (QED) is 0.386. The van der Waals surface area contributed by atoms with Gasteiger partial charge in [0.15, 0.2) is 6.10 Å². The van der Waals surface area contributed by atoms with Crippen molar-refractivity contribution >= 4 is 17.6 Å². The van der Waals surface area contributed by atoms with Gasteiger partial charge in [0.05, 0.1) is 5.69 Å². The smallest absolute Gasteiger partial charge is 0.335 e. The Morgan fingerprint density at radius 2 is 1.89 bits per heavy atom. The molecule has 1 saturated heterocycles. The number of carbonyl (C=O) groups is 2. The van der Waals surface area contributed by atoms with E-state index in [1.165, 1.54) is 6.07 Å². The number of aliphatic hydroxyl groups is 3. The average molecular weight is 385 g/mol. The first-order valence-electron chi connectivity index (χ1n) is 8.33. The van der Waals surface area contributed by atoms with Gasteiger partial charge in [0.25, 0.3) is 0 Å². The van der Waals surface area contributed by atoms with Gasteiger partial charge in [0, 0.05) is 13.5 Å². The molecule has 1 aromatic carbocycles. The Labute approximate surface area is 155 Å². The van der Waals surface area contributed by atoms with E-state index < -0.39 is 36.7 Å². The van der Waals surface area contributed by atoms with Crippen LogP contribution in [0.5, 0.6) is 5.75 Å². The molecule has 1 aliphatic heterocycles. The van der Waals surface area contributed by atoms with Crippen LogP contribution in [0.25, 0.3) is 0 Å². The Hall–Kier alpha value is -2.40. The molecular formula is C17H23NO9. The average Bonchev–Trinajstić information content (AvgIpc) is 2.66. The number of hydrogen-bond acceptors (Lipinski definition) is 9. The summed E-state index contributed by atoms with van der Waals surface area (Å²) in [7, 11) is 1.61. The first-order valence-corrected chi connectivity index (χ1v) is 8.33. The minimum atomic E-state index is -1.79. The van der Waals surface area contributed by atoms with Gasteiger partial charge >= 0.3 is 11.9 Å². The van der Waals surface area contributed by atoms with Crippen molar-refractivity contribution in [1.82, 2.24) is 0 Å². The zero-order valence-corrected chi connectivity index (χ0v) is 14.9. The molecule has 27 heavy (non-hydrogen) atoms. The van der Waals surface area contributed by atoms with Gasteiger partial charge < -0.3 is 40.0 Å². The van der Waals surface area contributed by atoms with Crippen molar-refractivity contribution in [3.05, 3.63) is 23.8 Å². The number of aliphatic carboxylic acids is 1. The third-order valence-corrected chi connectivity index (χ3v) is 4.06. The van der Waals surface area contributed by atoms with Gasteiger partial charge in [0.2, 0.25) is 6.29 Å². The van der Waals surface area contributed by atoms with Gasteiger partial charge in [-0.2, -0.15) is 0 Å². The molecule has 1 heterocycles. The van der Waals surface area contributed by atoms with E-state index in [0.717, 1.165) is 0 Å². The highest BCUT2D eigenvalue weighted by molar-refractivity contribution is 5.73. The summed E-state index contributed by atoms with van der Waals surface area (Å²) >= 11 is 0. The van der Waals surface area contributed by atoms with E-state index in [4.69, 9.17) is 19.3 Å². The lowest BCUT2D eigenvalue weighted by atomic mass is 9.99. The zero-order chi connectivity index (χ0) is 20.1. The Balaban J connectivity index is 2.15. The van der Waals surface area contributed by atoms with Gasteiger partial charge in [-0.1, -0.05) is 13.0 Å². The molecule has 10 heteroatoms. The van der Waals surface area contributed by atoms with Gasteiger partial charge in [0.1, 0.15) is 30.7 Å². The number of carbonyl (C=O) groups excluding carboxylic acids is 1. The minimum absolute atomic E-state index is 0.0657. The summed E-state index contributed by atoms with van der Waals surface area (Å²) in [5.74, 6) is -1.63. The summed E-state index contributed by atoms with van der Waals surface area (Å²) in [4.78, 5) is 22.4. The lowest BCUT2D eigenvalue weighted by Crippen LogP contribution is -2.61. The summed E-state index contributed by atoms with van der Waals surface area (Å²) in [6, 6.07) is 4.78.